The molecule has 2 aromatic carbocycles. The summed E-state index contributed by atoms with van der Waals surface area (Å²) in [4.78, 5) is 37.4. The van der Waals surface area contributed by atoms with Crippen LogP contribution in [0.5, 0.6) is 0 Å². The first-order valence-electron chi connectivity index (χ1n) is 13.5. The maximum absolute atomic E-state index is 13.1. The number of carbonyl (C=O) groups is 2. The summed E-state index contributed by atoms with van der Waals surface area (Å²) in [6, 6.07) is 16.5. The zero-order chi connectivity index (χ0) is 29.2. The van der Waals surface area contributed by atoms with Crippen molar-refractivity contribution in [2.24, 2.45) is 0 Å². The van der Waals surface area contributed by atoms with E-state index in [0.29, 0.717) is 62.3 Å². The second kappa shape index (κ2) is 14.0. The molecular weight excluding hydrogens is 535 g/mol. The van der Waals surface area contributed by atoms with Crippen LogP contribution in [0, 0.1) is 0 Å². The van der Waals surface area contributed by atoms with Gasteiger partial charge < -0.3 is 16.0 Å². The van der Waals surface area contributed by atoms with Gasteiger partial charge in [-0.15, -0.1) is 0 Å². The van der Waals surface area contributed by atoms with Crippen molar-refractivity contribution in [3.63, 3.8) is 0 Å². The van der Waals surface area contributed by atoms with E-state index in [0.717, 1.165) is 24.6 Å². The lowest BCUT2D eigenvalue weighted by molar-refractivity contribution is -0.137. The quantitative estimate of drug-likeness (QED) is 0.319. The van der Waals surface area contributed by atoms with Crippen molar-refractivity contribution < 1.29 is 22.8 Å². The van der Waals surface area contributed by atoms with Crippen LogP contribution in [-0.4, -0.2) is 77.4 Å². The SMILES string of the molecule is CC(=O)NCCNc1cc(NC(=O)CN2CCCN(Cc3cccc(C(F)(F)F)c3)CC2)nc(-c2ccccc2)n1. The maximum Gasteiger partial charge on any atom is 0.416 e. The van der Waals surface area contributed by atoms with E-state index < -0.39 is 11.7 Å². The lowest BCUT2D eigenvalue weighted by Crippen LogP contribution is -2.36. The zero-order valence-corrected chi connectivity index (χ0v) is 22.9. The van der Waals surface area contributed by atoms with E-state index in [-0.39, 0.29) is 18.4 Å². The van der Waals surface area contributed by atoms with Gasteiger partial charge in [0, 0.05) is 51.3 Å². The Morgan fingerprint density at radius 1 is 0.878 bits per heavy atom. The number of benzene rings is 2. The molecule has 4 rings (SSSR count). The predicted octanol–water partition coefficient (Wildman–Crippen LogP) is 3.86. The number of carbonyl (C=O) groups excluding carboxylic acids is 2. The van der Waals surface area contributed by atoms with Gasteiger partial charge in [0.25, 0.3) is 0 Å². The monoisotopic (exact) mass is 569 g/mol. The van der Waals surface area contributed by atoms with E-state index >= 15 is 0 Å². The van der Waals surface area contributed by atoms with Crippen molar-refractivity contribution in [1.82, 2.24) is 25.1 Å². The maximum atomic E-state index is 13.1. The minimum absolute atomic E-state index is 0.125. The van der Waals surface area contributed by atoms with Crippen LogP contribution in [0.2, 0.25) is 0 Å². The second-order valence-corrected chi connectivity index (χ2v) is 9.89. The van der Waals surface area contributed by atoms with Crippen molar-refractivity contribution in [3.8, 4) is 11.4 Å². The van der Waals surface area contributed by atoms with Gasteiger partial charge in [-0.3, -0.25) is 19.4 Å². The summed E-state index contributed by atoms with van der Waals surface area (Å²) < 4.78 is 39.3. The molecule has 0 aliphatic carbocycles. The molecule has 1 aliphatic heterocycles. The summed E-state index contributed by atoms with van der Waals surface area (Å²) in [6.45, 7) is 5.57. The number of nitrogens with one attached hydrogen (secondary N) is 3. The molecule has 1 saturated heterocycles. The highest BCUT2D eigenvalue weighted by Crippen LogP contribution is 2.30. The first-order valence-corrected chi connectivity index (χ1v) is 13.5. The third-order valence-electron chi connectivity index (χ3n) is 6.54. The molecule has 0 saturated carbocycles. The zero-order valence-electron chi connectivity index (χ0n) is 22.9. The highest BCUT2D eigenvalue weighted by molar-refractivity contribution is 5.92. The fourth-order valence-corrected chi connectivity index (χ4v) is 4.58. The molecule has 3 N–H and O–H groups in total. The molecule has 1 fully saturated rings. The van der Waals surface area contributed by atoms with E-state index in [2.05, 4.69) is 30.8 Å². The summed E-state index contributed by atoms with van der Waals surface area (Å²) in [5.74, 6) is 0.967. The van der Waals surface area contributed by atoms with Crippen LogP contribution < -0.4 is 16.0 Å². The molecular formula is C29H34F3N7O2. The van der Waals surface area contributed by atoms with Crippen LogP contribution in [0.4, 0.5) is 24.8 Å². The largest absolute Gasteiger partial charge is 0.416 e. The molecule has 41 heavy (non-hydrogen) atoms. The Bertz CT molecular complexity index is 1320. The van der Waals surface area contributed by atoms with E-state index in [1.54, 1.807) is 12.1 Å². The average molecular weight is 570 g/mol. The fraction of sp³-hybridized carbons (Fsp3) is 0.379. The van der Waals surface area contributed by atoms with Crippen molar-refractivity contribution in [2.75, 3.05) is 56.4 Å². The van der Waals surface area contributed by atoms with Gasteiger partial charge in [0.1, 0.15) is 11.6 Å². The molecule has 9 nitrogen and oxygen atoms in total. The predicted molar refractivity (Wildman–Crippen MR) is 151 cm³/mol. The molecule has 0 radical (unpaired) electrons. The molecule has 12 heteroatoms. The molecule has 0 atom stereocenters. The smallest absolute Gasteiger partial charge is 0.368 e. The molecule has 0 unspecified atom stereocenters. The molecule has 1 aromatic heterocycles. The van der Waals surface area contributed by atoms with Gasteiger partial charge in [0.05, 0.1) is 12.1 Å². The van der Waals surface area contributed by atoms with Crippen LogP contribution >= 0.6 is 0 Å². The number of nitrogens with zero attached hydrogens (tertiary/aromatic N) is 4. The van der Waals surface area contributed by atoms with E-state index in [9.17, 15) is 22.8 Å². The van der Waals surface area contributed by atoms with Crippen molar-refractivity contribution in [3.05, 3.63) is 71.8 Å². The van der Waals surface area contributed by atoms with Crippen LogP contribution in [0.3, 0.4) is 0 Å². The number of hydrogen-bond acceptors (Lipinski definition) is 7. The van der Waals surface area contributed by atoms with Crippen molar-refractivity contribution in [2.45, 2.75) is 26.1 Å². The Morgan fingerprint density at radius 2 is 1.61 bits per heavy atom. The van der Waals surface area contributed by atoms with Crippen LogP contribution in [-0.2, 0) is 22.3 Å². The number of alkyl halides is 3. The van der Waals surface area contributed by atoms with E-state index in [1.165, 1.54) is 19.1 Å². The van der Waals surface area contributed by atoms with Gasteiger partial charge in [0.2, 0.25) is 11.8 Å². The number of rotatable bonds is 10. The summed E-state index contributed by atoms with van der Waals surface area (Å²) in [7, 11) is 0. The molecule has 2 heterocycles. The number of hydrogen-bond donors (Lipinski definition) is 3. The Kier molecular flexibility index (Phi) is 10.3. The molecule has 1 aliphatic rings. The Hall–Kier alpha value is -4.03. The molecule has 2 amide bonds. The summed E-state index contributed by atoms with van der Waals surface area (Å²) in [5.41, 5.74) is 0.765. The van der Waals surface area contributed by atoms with Crippen molar-refractivity contribution >= 4 is 23.5 Å². The number of anilines is 2. The number of aromatic nitrogens is 2. The van der Waals surface area contributed by atoms with Gasteiger partial charge in [-0.05, 0) is 31.1 Å². The lowest BCUT2D eigenvalue weighted by Gasteiger charge is -2.22. The van der Waals surface area contributed by atoms with Gasteiger partial charge in [0.15, 0.2) is 5.82 Å². The summed E-state index contributed by atoms with van der Waals surface area (Å²) in [5, 5.41) is 8.75. The third kappa shape index (κ3) is 9.54. The third-order valence-corrected chi connectivity index (χ3v) is 6.54. The van der Waals surface area contributed by atoms with Crippen LogP contribution in [0.1, 0.15) is 24.5 Å². The topological polar surface area (TPSA) is 102 Å². The second-order valence-electron chi connectivity index (χ2n) is 9.89. The van der Waals surface area contributed by atoms with Crippen LogP contribution in [0.25, 0.3) is 11.4 Å². The number of amides is 2. The first-order chi connectivity index (χ1) is 19.7. The minimum atomic E-state index is -4.37. The van der Waals surface area contributed by atoms with Gasteiger partial charge in [-0.2, -0.15) is 13.2 Å². The van der Waals surface area contributed by atoms with Gasteiger partial charge in [-0.1, -0.05) is 48.5 Å². The first kappa shape index (κ1) is 29.9. The number of halogens is 3. The highest BCUT2D eigenvalue weighted by atomic mass is 19.4. The van der Waals surface area contributed by atoms with Gasteiger partial charge in [-0.25, -0.2) is 9.97 Å². The average Bonchev–Trinajstić information content (AvgIpc) is 3.15. The Morgan fingerprint density at radius 3 is 2.37 bits per heavy atom. The normalized spacial score (nSPS) is 14.7. The molecule has 0 spiro atoms. The lowest BCUT2D eigenvalue weighted by atomic mass is 10.1. The molecule has 3 aromatic rings. The Balaban J connectivity index is 1.35. The van der Waals surface area contributed by atoms with E-state index in [4.69, 9.17) is 0 Å². The van der Waals surface area contributed by atoms with Crippen molar-refractivity contribution in [1.29, 1.82) is 0 Å². The van der Waals surface area contributed by atoms with Gasteiger partial charge >= 0.3 is 6.18 Å². The highest BCUT2D eigenvalue weighted by Gasteiger charge is 2.30. The Labute approximate surface area is 237 Å². The van der Waals surface area contributed by atoms with E-state index in [1.807, 2.05) is 35.2 Å². The molecule has 218 valence electrons. The summed E-state index contributed by atoms with van der Waals surface area (Å²) >= 11 is 0. The molecule has 0 bridgehead atoms. The minimum Gasteiger partial charge on any atom is -0.368 e. The fourth-order valence-electron chi connectivity index (χ4n) is 4.58. The standard InChI is InChI=1S/C29H34F3N7O2/c1-21(40)33-11-12-34-25-18-26(37-28(36-25)23-8-3-2-4-9-23)35-27(41)20-39-14-6-13-38(15-16-39)19-22-7-5-10-24(17-22)29(30,31)32/h2-5,7-10,17-18H,6,11-16,19-20H2,1H3,(H,33,40)(H2,34,35,36,37,41). The summed E-state index contributed by atoms with van der Waals surface area (Å²) in [6.07, 6.45) is -3.58. The van der Waals surface area contributed by atoms with Crippen LogP contribution in [0.15, 0.2) is 60.7 Å².